The molecule has 0 aliphatic carbocycles. The number of ether oxygens (including phenoxy) is 1. The number of hydrogen-bond acceptors (Lipinski definition) is 5. The summed E-state index contributed by atoms with van der Waals surface area (Å²) in [6.45, 7) is 0.132. The third-order valence-electron chi connectivity index (χ3n) is 2.52. The Morgan fingerprint density at radius 2 is 2.16 bits per heavy atom. The minimum Gasteiger partial charge on any atom is -0.389 e. The van der Waals surface area contributed by atoms with Gasteiger partial charge in [-0.25, -0.2) is 0 Å². The number of aliphatic hydroxyl groups excluding tert-OH is 1. The summed E-state index contributed by atoms with van der Waals surface area (Å²) in [6, 6.07) is 5.71. The Balaban J connectivity index is 2.85. The molecule has 7 heteroatoms. The summed E-state index contributed by atoms with van der Waals surface area (Å²) in [6.07, 6.45) is -0.832. The lowest BCUT2D eigenvalue weighted by Crippen LogP contribution is -2.36. The molecule has 1 amide bonds. The molecule has 0 aromatic heterocycles. The average Bonchev–Trinajstić information content (AvgIpc) is 2.37. The van der Waals surface area contributed by atoms with E-state index in [0.29, 0.717) is 0 Å². The first-order valence-corrected chi connectivity index (χ1v) is 5.63. The summed E-state index contributed by atoms with van der Waals surface area (Å²) in [7, 11) is 2.91. The van der Waals surface area contributed by atoms with Gasteiger partial charge in [-0.15, -0.1) is 0 Å². The topological polar surface area (TPSA) is 92.9 Å². The summed E-state index contributed by atoms with van der Waals surface area (Å²) in [5.74, 6) is -0.512. The van der Waals surface area contributed by atoms with E-state index in [1.165, 1.54) is 37.3 Å². The second kappa shape index (κ2) is 6.81. The number of aliphatic hydroxyl groups is 1. The maximum Gasteiger partial charge on any atom is 0.282 e. The van der Waals surface area contributed by atoms with Crippen LogP contribution >= 0.6 is 0 Å². The van der Waals surface area contributed by atoms with Crippen molar-refractivity contribution in [2.75, 3.05) is 27.3 Å². The second-order valence-electron chi connectivity index (χ2n) is 4.07. The summed E-state index contributed by atoms with van der Waals surface area (Å²) < 4.78 is 4.76. The van der Waals surface area contributed by atoms with Gasteiger partial charge in [-0.3, -0.25) is 14.9 Å². The van der Waals surface area contributed by atoms with Crippen molar-refractivity contribution < 1.29 is 19.6 Å². The van der Waals surface area contributed by atoms with Gasteiger partial charge in [0.25, 0.3) is 11.6 Å². The van der Waals surface area contributed by atoms with Crippen LogP contribution in [0.25, 0.3) is 0 Å². The number of para-hydroxylation sites is 1. The van der Waals surface area contributed by atoms with Gasteiger partial charge >= 0.3 is 0 Å². The number of carbonyl (C=O) groups is 1. The fourth-order valence-electron chi connectivity index (χ4n) is 1.66. The highest BCUT2D eigenvalue weighted by molar-refractivity contribution is 5.97. The van der Waals surface area contributed by atoms with Crippen LogP contribution in [0.4, 0.5) is 5.69 Å². The first-order valence-electron chi connectivity index (χ1n) is 5.63. The second-order valence-corrected chi connectivity index (χ2v) is 4.07. The first kappa shape index (κ1) is 15.1. The molecular weight excluding hydrogens is 252 g/mol. The van der Waals surface area contributed by atoms with Crippen molar-refractivity contribution in [2.24, 2.45) is 0 Å². The van der Waals surface area contributed by atoms with Crippen LogP contribution in [0.3, 0.4) is 0 Å². The molecule has 0 saturated carbocycles. The number of likely N-dealkylation sites (N-methyl/N-ethyl adjacent to an activating group) is 1. The van der Waals surface area contributed by atoms with Gasteiger partial charge < -0.3 is 14.7 Å². The smallest absolute Gasteiger partial charge is 0.282 e. The largest absolute Gasteiger partial charge is 0.389 e. The Morgan fingerprint density at radius 3 is 2.74 bits per heavy atom. The quantitative estimate of drug-likeness (QED) is 0.604. The van der Waals surface area contributed by atoms with Crippen molar-refractivity contribution in [2.45, 2.75) is 6.10 Å². The van der Waals surface area contributed by atoms with Gasteiger partial charge in [0.2, 0.25) is 0 Å². The Bertz CT molecular complexity index is 463. The first-order chi connectivity index (χ1) is 8.97. The van der Waals surface area contributed by atoms with Crippen molar-refractivity contribution in [3.05, 3.63) is 39.9 Å². The van der Waals surface area contributed by atoms with Gasteiger partial charge in [-0.05, 0) is 6.07 Å². The number of carbonyl (C=O) groups excluding carboxylic acids is 1. The van der Waals surface area contributed by atoms with E-state index in [4.69, 9.17) is 4.74 Å². The Kier molecular flexibility index (Phi) is 5.40. The molecule has 0 heterocycles. The van der Waals surface area contributed by atoms with Gasteiger partial charge in [0.05, 0.1) is 17.6 Å². The lowest BCUT2D eigenvalue weighted by molar-refractivity contribution is -0.385. The Labute approximate surface area is 110 Å². The maximum absolute atomic E-state index is 12.1. The van der Waals surface area contributed by atoms with Crippen LogP contribution in [0.5, 0.6) is 0 Å². The molecule has 1 atom stereocenters. The summed E-state index contributed by atoms with van der Waals surface area (Å²) in [4.78, 5) is 23.5. The summed E-state index contributed by atoms with van der Waals surface area (Å²) in [5, 5.41) is 20.4. The van der Waals surface area contributed by atoms with Gasteiger partial charge in [-0.1, -0.05) is 12.1 Å². The normalized spacial score (nSPS) is 11.9. The van der Waals surface area contributed by atoms with Gasteiger partial charge in [0.1, 0.15) is 5.56 Å². The minimum absolute atomic E-state index is 0.000355. The molecule has 1 aromatic rings. The summed E-state index contributed by atoms with van der Waals surface area (Å²) in [5.41, 5.74) is -0.250. The van der Waals surface area contributed by atoms with E-state index >= 15 is 0 Å². The molecule has 0 spiro atoms. The Morgan fingerprint density at radius 1 is 1.53 bits per heavy atom. The molecule has 0 fully saturated rings. The van der Waals surface area contributed by atoms with E-state index in [0.717, 1.165) is 0 Å². The standard InChI is InChI=1S/C12H16N2O5/c1-13(7-9(15)8-19-2)12(16)10-5-3-4-6-11(10)14(17)18/h3-6,9,15H,7-8H2,1-2H3. The van der Waals surface area contributed by atoms with Crippen LogP contribution < -0.4 is 0 Å². The molecule has 0 bridgehead atoms. The molecule has 1 rings (SSSR count). The predicted octanol–water partition coefficient (Wildman–Crippen LogP) is 0.674. The van der Waals surface area contributed by atoms with E-state index in [2.05, 4.69) is 0 Å². The highest BCUT2D eigenvalue weighted by atomic mass is 16.6. The molecule has 104 valence electrons. The monoisotopic (exact) mass is 268 g/mol. The van der Waals surface area contributed by atoms with Gasteiger partial charge in [0, 0.05) is 26.8 Å². The average molecular weight is 268 g/mol. The highest BCUT2D eigenvalue weighted by Crippen LogP contribution is 2.19. The third kappa shape index (κ3) is 4.01. The van der Waals surface area contributed by atoms with E-state index < -0.39 is 16.9 Å². The highest BCUT2D eigenvalue weighted by Gasteiger charge is 2.23. The lowest BCUT2D eigenvalue weighted by Gasteiger charge is -2.20. The molecule has 19 heavy (non-hydrogen) atoms. The van der Waals surface area contributed by atoms with Crippen LogP contribution in [-0.2, 0) is 4.74 Å². The van der Waals surface area contributed by atoms with Crippen molar-refractivity contribution in [3.8, 4) is 0 Å². The SMILES string of the molecule is COCC(O)CN(C)C(=O)c1ccccc1[N+](=O)[O-]. The minimum atomic E-state index is -0.832. The molecule has 1 N–H and O–H groups in total. The zero-order valence-electron chi connectivity index (χ0n) is 10.8. The fraction of sp³-hybridized carbons (Fsp3) is 0.417. The maximum atomic E-state index is 12.1. The fourth-order valence-corrected chi connectivity index (χ4v) is 1.66. The number of nitro benzene ring substituents is 1. The molecule has 0 radical (unpaired) electrons. The van der Waals surface area contributed by atoms with E-state index in [9.17, 15) is 20.0 Å². The molecule has 7 nitrogen and oxygen atoms in total. The molecule has 1 unspecified atom stereocenters. The van der Waals surface area contributed by atoms with Gasteiger partial charge in [0.15, 0.2) is 0 Å². The van der Waals surface area contributed by atoms with Crippen LogP contribution in [0.15, 0.2) is 24.3 Å². The van der Waals surface area contributed by atoms with Crippen LogP contribution in [0.1, 0.15) is 10.4 Å². The zero-order chi connectivity index (χ0) is 14.4. The molecule has 0 aliphatic heterocycles. The van der Waals surface area contributed by atoms with Crippen LogP contribution in [0, 0.1) is 10.1 Å². The van der Waals surface area contributed by atoms with E-state index in [1.807, 2.05) is 0 Å². The van der Waals surface area contributed by atoms with E-state index in [-0.39, 0.29) is 24.4 Å². The number of rotatable bonds is 6. The van der Waals surface area contributed by atoms with Crippen molar-refractivity contribution in [1.29, 1.82) is 0 Å². The van der Waals surface area contributed by atoms with Crippen LogP contribution in [-0.4, -0.2) is 54.3 Å². The number of hydrogen-bond donors (Lipinski definition) is 1. The van der Waals surface area contributed by atoms with Crippen LogP contribution in [0.2, 0.25) is 0 Å². The molecule has 0 aliphatic rings. The molecule has 1 aromatic carbocycles. The third-order valence-corrected chi connectivity index (χ3v) is 2.52. The number of benzene rings is 1. The number of nitro groups is 1. The van der Waals surface area contributed by atoms with Gasteiger partial charge in [-0.2, -0.15) is 0 Å². The predicted molar refractivity (Wildman–Crippen MR) is 67.9 cm³/mol. The number of nitrogens with zero attached hydrogens (tertiary/aromatic N) is 2. The van der Waals surface area contributed by atoms with Crippen molar-refractivity contribution >= 4 is 11.6 Å². The van der Waals surface area contributed by atoms with Crippen molar-refractivity contribution in [1.82, 2.24) is 4.90 Å². The summed E-state index contributed by atoms with van der Waals surface area (Å²) >= 11 is 0. The Hall–Kier alpha value is -1.99. The molecule has 0 saturated heterocycles. The number of amides is 1. The van der Waals surface area contributed by atoms with E-state index in [1.54, 1.807) is 6.07 Å². The van der Waals surface area contributed by atoms with Crippen molar-refractivity contribution in [3.63, 3.8) is 0 Å². The lowest BCUT2D eigenvalue weighted by atomic mass is 10.1. The zero-order valence-corrected chi connectivity index (χ0v) is 10.8. The number of methoxy groups -OCH3 is 1. The molecular formula is C12H16N2O5.